The zero-order chi connectivity index (χ0) is 16.5. The average molecular weight is 322 g/mol. The minimum Gasteiger partial charge on any atom is -0.389 e. The fourth-order valence-corrected chi connectivity index (χ4v) is 3.56. The monoisotopic (exact) mass is 322 g/mol. The van der Waals surface area contributed by atoms with Crippen LogP contribution in [0.15, 0.2) is 0 Å². The summed E-state index contributed by atoms with van der Waals surface area (Å²) >= 11 is 0. The summed E-state index contributed by atoms with van der Waals surface area (Å²) in [5.41, 5.74) is -0.910. The highest BCUT2D eigenvalue weighted by Gasteiger charge is 2.43. The first kappa shape index (κ1) is 17.5. The number of rotatable bonds is 3. The molecular formula is C15H25F3N2O2. The van der Waals surface area contributed by atoms with Gasteiger partial charge in [0.15, 0.2) is 0 Å². The first-order chi connectivity index (χ1) is 10.1. The quantitative estimate of drug-likeness (QED) is 0.864. The molecule has 0 spiro atoms. The number of likely N-dealkylation sites (tertiary alicyclic amines) is 2. The van der Waals surface area contributed by atoms with Gasteiger partial charge in [-0.2, -0.15) is 13.2 Å². The summed E-state index contributed by atoms with van der Waals surface area (Å²) in [4.78, 5) is 15.6. The molecule has 2 aliphatic heterocycles. The molecule has 0 bridgehead atoms. The Balaban J connectivity index is 1.94. The number of hydrogen-bond donors (Lipinski definition) is 1. The van der Waals surface area contributed by atoms with Gasteiger partial charge in [0, 0.05) is 19.1 Å². The Kier molecular flexibility index (Phi) is 5.06. The van der Waals surface area contributed by atoms with E-state index in [1.54, 1.807) is 13.8 Å². The van der Waals surface area contributed by atoms with Crippen molar-refractivity contribution in [1.82, 2.24) is 9.80 Å². The van der Waals surface area contributed by atoms with E-state index in [0.29, 0.717) is 19.5 Å². The number of carbonyl (C=O) groups is 1. The van der Waals surface area contributed by atoms with Crippen LogP contribution in [0.2, 0.25) is 0 Å². The first-order valence-electron chi connectivity index (χ1n) is 7.90. The maximum atomic E-state index is 12.8. The van der Waals surface area contributed by atoms with E-state index in [2.05, 4.69) is 0 Å². The predicted molar refractivity (Wildman–Crippen MR) is 76.3 cm³/mol. The number of alkyl halides is 3. The van der Waals surface area contributed by atoms with Crippen molar-refractivity contribution >= 4 is 5.91 Å². The lowest BCUT2D eigenvalue weighted by atomic mass is 9.96. The number of amides is 1. The van der Waals surface area contributed by atoms with Crippen molar-refractivity contribution in [3.63, 3.8) is 0 Å². The normalized spacial score (nSPS) is 28.2. The van der Waals surface area contributed by atoms with Crippen LogP contribution in [0, 0.1) is 5.92 Å². The number of halogens is 3. The van der Waals surface area contributed by atoms with Crippen LogP contribution >= 0.6 is 0 Å². The van der Waals surface area contributed by atoms with E-state index in [1.165, 1.54) is 4.90 Å². The summed E-state index contributed by atoms with van der Waals surface area (Å²) in [6, 6.07) is -0.111. The van der Waals surface area contributed by atoms with Crippen molar-refractivity contribution in [3.05, 3.63) is 0 Å². The predicted octanol–water partition coefficient (Wildman–Crippen LogP) is 2.02. The minimum absolute atomic E-state index is 0.0965. The smallest absolute Gasteiger partial charge is 0.389 e. The van der Waals surface area contributed by atoms with Gasteiger partial charge in [-0.05, 0) is 46.1 Å². The topological polar surface area (TPSA) is 43.8 Å². The Morgan fingerprint density at radius 1 is 1.18 bits per heavy atom. The van der Waals surface area contributed by atoms with E-state index < -0.39 is 17.7 Å². The van der Waals surface area contributed by atoms with Crippen molar-refractivity contribution in [1.29, 1.82) is 0 Å². The lowest BCUT2D eigenvalue weighted by Crippen LogP contribution is -2.52. The Hall–Kier alpha value is -0.820. The Bertz CT molecular complexity index is 407. The van der Waals surface area contributed by atoms with E-state index >= 15 is 0 Å². The van der Waals surface area contributed by atoms with E-state index in [-0.39, 0.29) is 31.5 Å². The molecule has 2 rings (SSSR count). The summed E-state index contributed by atoms with van der Waals surface area (Å²) in [6.45, 7) is 4.38. The first-order valence-corrected chi connectivity index (χ1v) is 7.90. The van der Waals surface area contributed by atoms with Crippen LogP contribution in [0.25, 0.3) is 0 Å². The maximum Gasteiger partial charge on any atom is 0.393 e. The molecule has 2 atom stereocenters. The number of nitrogens with zero attached hydrogens (tertiary/aromatic N) is 2. The summed E-state index contributed by atoms with van der Waals surface area (Å²) in [6.07, 6.45) is -2.04. The molecule has 2 fully saturated rings. The van der Waals surface area contributed by atoms with Gasteiger partial charge >= 0.3 is 6.18 Å². The van der Waals surface area contributed by atoms with Crippen molar-refractivity contribution in [3.8, 4) is 0 Å². The second kappa shape index (κ2) is 6.35. The van der Waals surface area contributed by atoms with Gasteiger partial charge in [0.1, 0.15) is 0 Å². The third-order valence-corrected chi connectivity index (χ3v) is 4.75. The Morgan fingerprint density at radius 3 is 2.41 bits per heavy atom. The van der Waals surface area contributed by atoms with Crippen LogP contribution in [0.5, 0.6) is 0 Å². The highest BCUT2D eigenvalue weighted by molar-refractivity contribution is 5.78. The molecule has 1 N–H and O–H groups in total. The van der Waals surface area contributed by atoms with Gasteiger partial charge in [0.05, 0.1) is 18.1 Å². The molecule has 4 nitrogen and oxygen atoms in total. The van der Waals surface area contributed by atoms with Crippen molar-refractivity contribution in [2.45, 2.75) is 57.3 Å². The maximum absolute atomic E-state index is 12.8. The van der Waals surface area contributed by atoms with E-state index in [9.17, 15) is 23.1 Å². The molecule has 2 unspecified atom stereocenters. The summed E-state index contributed by atoms with van der Waals surface area (Å²) in [5, 5.41) is 10.1. The van der Waals surface area contributed by atoms with Gasteiger partial charge in [0.2, 0.25) is 5.91 Å². The van der Waals surface area contributed by atoms with Crippen LogP contribution in [0.4, 0.5) is 13.2 Å². The van der Waals surface area contributed by atoms with E-state index in [4.69, 9.17) is 0 Å². The molecule has 0 aromatic heterocycles. The largest absolute Gasteiger partial charge is 0.393 e. The van der Waals surface area contributed by atoms with Gasteiger partial charge in [-0.15, -0.1) is 0 Å². The van der Waals surface area contributed by atoms with Crippen molar-refractivity contribution < 1.29 is 23.1 Å². The van der Waals surface area contributed by atoms with E-state index in [1.807, 2.05) is 4.90 Å². The molecule has 2 heterocycles. The van der Waals surface area contributed by atoms with Crippen LogP contribution in [0.3, 0.4) is 0 Å². The Morgan fingerprint density at radius 2 is 1.82 bits per heavy atom. The molecule has 7 heteroatoms. The van der Waals surface area contributed by atoms with Crippen molar-refractivity contribution in [2.24, 2.45) is 5.92 Å². The molecule has 0 aromatic rings. The van der Waals surface area contributed by atoms with Gasteiger partial charge in [-0.3, -0.25) is 9.69 Å². The lowest BCUT2D eigenvalue weighted by Gasteiger charge is -2.37. The Labute approximate surface area is 129 Å². The molecule has 1 amide bonds. The molecule has 22 heavy (non-hydrogen) atoms. The van der Waals surface area contributed by atoms with E-state index in [0.717, 1.165) is 12.8 Å². The standard InChI is InChI=1S/C15H25F3N2O2/c1-14(2,22)12-6-4-7-19(12)10-13(21)20-8-3-5-11(9-20)15(16,17)18/h11-12,22H,3-10H2,1-2H3. The molecule has 2 aliphatic rings. The molecule has 0 saturated carbocycles. The third-order valence-electron chi connectivity index (χ3n) is 4.75. The summed E-state index contributed by atoms with van der Waals surface area (Å²) in [7, 11) is 0. The van der Waals surface area contributed by atoms with Gasteiger partial charge in [-0.1, -0.05) is 0 Å². The van der Waals surface area contributed by atoms with Gasteiger partial charge in [0.25, 0.3) is 0 Å². The van der Waals surface area contributed by atoms with Crippen LogP contribution in [0.1, 0.15) is 39.5 Å². The number of carbonyl (C=O) groups excluding carboxylic acids is 1. The van der Waals surface area contributed by atoms with Gasteiger partial charge < -0.3 is 10.0 Å². The average Bonchev–Trinajstić information content (AvgIpc) is 2.86. The second-order valence-electron chi connectivity index (χ2n) is 7.00. The summed E-state index contributed by atoms with van der Waals surface area (Å²) < 4.78 is 38.5. The molecule has 0 radical (unpaired) electrons. The SMILES string of the molecule is CC(C)(O)C1CCCN1CC(=O)N1CCCC(C(F)(F)F)C1. The molecule has 0 aromatic carbocycles. The highest BCUT2D eigenvalue weighted by Crippen LogP contribution is 2.33. The molecular weight excluding hydrogens is 297 g/mol. The number of aliphatic hydroxyl groups is 1. The zero-order valence-electron chi connectivity index (χ0n) is 13.2. The number of hydrogen-bond acceptors (Lipinski definition) is 3. The highest BCUT2D eigenvalue weighted by atomic mass is 19.4. The summed E-state index contributed by atoms with van der Waals surface area (Å²) in [5.74, 6) is -1.67. The lowest BCUT2D eigenvalue weighted by molar-refractivity contribution is -0.188. The van der Waals surface area contributed by atoms with Crippen LogP contribution < -0.4 is 0 Å². The fraction of sp³-hybridized carbons (Fsp3) is 0.933. The van der Waals surface area contributed by atoms with Crippen molar-refractivity contribution in [2.75, 3.05) is 26.2 Å². The minimum atomic E-state index is -4.23. The van der Waals surface area contributed by atoms with Gasteiger partial charge in [-0.25, -0.2) is 0 Å². The number of piperidine rings is 1. The third kappa shape index (κ3) is 4.13. The molecule has 128 valence electrons. The van der Waals surface area contributed by atoms with Crippen LogP contribution in [-0.4, -0.2) is 64.8 Å². The zero-order valence-corrected chi connectivity index (χ0v) is 13.2. The fourth-order valence-electron chi connectivity index (χ4n) is 3.56. The molecule has 2 saturated heterocycles. The second-order valence-corrected chi connectivity index (χ2v) is 7.00. The van der Waals surface area contributed by atoms with Crippen LogP contribution in [-0.2, 0) is 4.79 Å². The molecule has 0 aliphatic carbocycles.